The summed E-state index contributed by atoms with van der Waals surface area (Å²) in [5.74, 6) is -1.99. The second kappa shape index (κ2) is 11.3. The molecule has 4 rings (SSSR count). The minimum atomic E-state index is -1.10. The highest BCUT2D eigenvalue weighted by Gasteiger charge is 2.35. The molecular weight excluding hydrogens is 465 g/mol. The maximum absolute atomic E-state index is 15.0. The number of hydrogen-bond donors (Lipinski definition) is 2. The minimum Gasteiger partial charge on any atom is -0.351 e. The van der Waals surface area contributed by atoms with Crippen LogP contribution >= 0.6 is 11.3 Å². The van der Waals surface area contributed by atoms with Crippen LogP contribution in [0.25, 0.3) is 0 Å². The highest BCUT2D eigenvalue weighted by Crippen LogP contribution is 2.31. The molecule has 3 amide bonds. The average Bonchev–Trinajstić information content (AvgIpc) is 3.57. The van der Waals surface area contributed by atoms with Gasteiger partial charge in [0.2, 0.25) is 11.8 Å². The Morgan fingerprint density at radius 2 is 1.74 bits per heavy atom. The highest BCUT2D eigenvalue weighted by molar-refractivity contribution is 7.12. The Labute approximate surface area is 208 Å². The van der Waals surface area contributed by atoms with Gasteiger partial charge in [-0.15, -0.1) is 11.3 Å². The number of nitrogens with one attached hydrogen (secondary N) is 2. The first kappa shape index (κ1) is 24.6. The van der Waals surface area contributed by atoms with Gasteiger partial charge in [0, 0.05) is 6.04 Å². The first-order chi connectivity index (χ1) is 16.9. The van der Waals surface area contributed by atoms with Gasteiger partial charge in [0.25, 0.3) is 5.91 Å². The predicted molar refractivity (Wildman–Crippen MR) is 135 cm³/mol. The lowest BCUT2D eigenvalue weighted by atomic mass is 10.0. The number of halogens is 1. The second-order valence-electron chi connectivity index (χ2n) is 8.68. The Balaban J connectivity index is 1.69. The van der Waals surface area contributed by atoms with E-state index in [9.17, 15) is 14.4 Å². The van der Waals surface area contributed by atoms with Gasteiger partial charge in [0.05, 0.1) is 17.1 Å². The first-order valence-corrected chi connectivity index (χ1v) is 12.6. The molecule has 1 heterocycles. The molecular formula is C27H28FN3O3S. The fourth-order valence-electron chi connectivity index (χ4n) is 4.32. The summed E-state index contributed by atoms with van der Waals surface area (Å²) in [5.41, 5.74) is 1.54. The zero-order valence-electron chi connectivity index (χ0n) is 19.5. The van der Waals surface area contributed by atoms with E-state index in [4.69, 9.17) is 0 Å². The van der Waals surface area contributed by atoms with E-state index < -0.39 is 23.7 Å². The molecule has 0 radical (unpaired) electrons. The summed E-state index contributed by atoms with van der Waals surface area (Å²) >= 11 is 1.26. The quantitative estimate of drug-likeness (QED) is 0.475. The van der Waals surface area contributed by atoms with Gasteiger partial charge in [-0.1, -0.05) is 60.9 Å². The molecule has 0 saturated heterocycles. The third kappa shape index (κ3) is 5.95. The second-order valence-corrected chi connectivity index (χ2v) is 9.63. The summed E-state index contributed by atoms with van der Waals surface area (Å²) in [6, 6.07) is 15.5. The standard InChI is InChI=1S/C27H28FN3O3S/c1-18-12-14-19(15-13-18)25(27(34)30-20-7-2-3-8-20)31(22-10-5-4-9-21(22)28)24(32)17-29-26(33)23-11-6-16-35-23/h4-6,9-16,20,25H,2-3,7-8,17H2,1H3,(H,29,33)(H,30,34). The average molecular weight is 494 g/mol. The number of rotatable bonds is 8. The van der Waals surface area contributed by atoms with Crippen molar-refractivity contribution in [3.05, 3.63) is 87.9 Å². The zero-order chi connectivity index (χ0) is 24.8. The maximum atomic E-state index is 15.0. The molecule has 0 aliphatic heterocycles. The molecule has 6 nitrogen and oxygen atoms in total. The number of thiophene rings is 1. The van der Waals surface area contributed by atoms with Crippen molar-refractivity contribution in [1.29, 1.82) is 0 Å². The lowest BCUT2D eigenvalue weighted by molar-refractivity contribution is -0.126. The van der Waals surface area contributed by atoms with E-state index in [1.807, 2.05) is 19.1 Å². The van der Waals surface area contributed by atoms with E-state index in [1.54, 1.807) is 35.7 Å². The third-order valence-electron chi connectivity index (χ3n) is 6.13. The summed E-state index contributed by atoms with van der Waals surface area (Å²) in [6.07, 6.45) is 3.81. The van der Waals surface area contributed by atoms with E-state index in [-0.39, 0.29) is 24.2 Å². The summed E-state index contributed by atoms with van der Waals surface area (Å²) in [6.45, 7) is 1.54. The fraction of sp³-hybridized carbons (Fsp3) is 0.296. The lowest BCUT2D eigenvalue weighted by Crippen LogP contribution is -2.49. The molecule has 1 atom stereocenters. The van der Waals surface area contributed by atoms with Crippen molar-refractivity contribution >= 4 is 34.7 Å². The molecule has 0 spiro atoms. The maximum Gasteiger partial charge on any atom is 0.261 e. The van der Waals surface area contributed by atoms with Gasteiger partial charge in [0.15, 0.2) is 0 Å². The van der Waals surface area contributed by atoms with Crippen LogP contribution in [0.4, 0.5) is 10.1 Å². The number of carbonyl (C=O) groups is 3. The monoisotopic (exact) mass is 493 g/mol. The third-order valence-corrected chi connectivity index (χ3v) is 7.00. The number of anilines is 1. The van der Waals surface area contributed by atoms with Crippen LogP contribution in [0.5, 0.6) is 0 Å². The molecule has 35 heavy (non-hydrogen) atoms. The number of amides is 3. The van der Waals surface area contributed by atoms with E-state index in [1.165, 1.54) is 34.4 Å². The Morgan fingerprint density at radius 3 is 2.40 bits per heavy atom. The Hall–Kier alpha value is -3.52. The van der Waals surface area contributed by atoms with Crippen molar-refractivity contribution in [3.8, 4) is 0 Å². The summed E-state index contributed by atoms with van der Waals surface area (Å²) in [4.78, 5) is 41.3. The van der Waals surface area contributed by atoms with E-state index in [0.717, 1.165) is 31.2 Å². The molecule has 2 aromatic carbocycles. The van der Waals surface area contributed by atoms with Gasteiger partial charge in [-0.3, -0.25) is 19.3 Å². The summed E-state index contributed by atoms with van der Waals surface area (Å²) in [7, 11) is 0. The van der Waals surface area contributed by atoms with Crippen LogP contribution in [-0.4, -0.2) is 30.3 Å². The van der Waals surface area contributed by atoms with Gasteiger partial charge >= 0.3 is 0 Å². The molecule has 3 aromatic rings. The summed E-state index contributed by atoms with van der Waals surface area (Å²) in [5, 5.41) is 7.44. The normalized spacial score (nSPS) is 14.3. The van der Waals surface area contributed by atoms with Crippen molar-refractivity contribution in [1.82, 2.24) is 10.6 Å². The number of carbonyl (C=O) groups excluding carboxylic acids is 3. The molecule has 1 aliphatic carbocycles. The minimum absolute atomic E-state index is 0.0185. The number of para-hydroxylation sites is 1. The van der Waals surface area contributed by atoms with Crippen molar-refractivity contribution in [2.75, 3.05) is 11.4 Å². The van der Waals surface area contributed by atoms with E-state index >= 15 is 4.39 Å². The van der Waals surface area contributed by atoms with Crippen LogP contribution in [0, 0.1) is 12.7 Å². The highest BCUT2D eigenvalue weighted by atomic mass is 32.1. The Morgan fingerprint density at radius 1 is 1.03 bits per heavy atom. The Bertz CT molecular complexity index is 1170. The van der Waals surface area contributed by atoms with Gasteiger partial charge in [-0.05, 0) is 48.9 Å². The van der Waals surface area contributed by atoms with Crippen molar-refractivity contribution in [2.45, 2.75) is 44.7 Å². The van der Waals surface area contributed by atoms with Crippen molar-refractivity contribution < 1.29 is 18.8 Å². The van der Waals surface area contributed by atoms with Crippen LogP contribution in [0.1, 0.15) is 52.5 Å². The molecule has 2 N–H and O–H groups in total. The molecule has 1 aromatic heterocycles. The molecule has 1 aliphatic rings. The molecule has 0 bridgehead atoms. The number of aryl methyl sites for hydroxylation is 1. The van der Waals surface area contributed by atoms with Crippen LogP contribution in [0.2, 0.25) is 0 Å². The van der Waals surface area contributed by atoms with Crippen LogP contribution in [0.3, 0.4) is 0 Å². The first-order valence-electron chi connectivity index (χ1n) is 11.7. The van der Waals surface area contributed by atoms with Crippen molar-refractivity contribution in [3.63, 3.8) is 0 Å². The lowest BCUT2D eigenvalue weighted by Gasteiger charge is -2.32. The fourth-order valence-corrected chi connectivity index (χ4v) is 4.96. The molecule has 8 heteroatoms. The van der Waals surface area contributed by atoms with E-state index in [2.05, 4.69) is 10.6 Å². The van der Waals surface area contributed by atoms with Crippen LogP contribution < -0.4 is 15.5 Å². The number of benzene rings is 2. The van der Waals surface area contributed by atoms with Gasteiger partial charge in [0.1, 0.15) is 11.9 Å². The van der Waals surface area contributed by atoms with E-state index in [0.29, 0.717) is 10.4 Å². The SMILES string of the molecule is Cc1ccc(C(C(=O)NC2CCCC2)N(C(=O)CNC(=O)c2cccs2)c2ccccc2F)cc1. The van der Waals surface area contributed by atoms with Gasteiger partial charge in [-0.25, -0.2) is 4.39 Å². The zero-order valence-corrected chi connectivity index (χ0v) is 20.3. The Kier molecular flexibility index (Phi) is 7.92. The van der Waals surface area contributed by atoms with Gasteiger partial charge < -0.3 is 10.6 Å². The topological polar surface area (TPSA) is 78.5 Å². The number of hydrogen-bond acceptors (Lipinski definition) is 4. The molecule has 1 saturated carbocycles. The number of nitrogens with zero attached hydrogens (tertiary/aromatic N) is 1. The van der Waals surface area contributed by atoms with Crippen molar-refractivity contribution in [2.24, 2.45) is 0 Å². The molecule has 1 unspecified atom stereocenters. The van der Waals surface area contributed by atoms with Crippen LogP contribution in [-0.2, 0) is 9.59 Å². The van der Waals surface area contributed by atoms with Gasteiger partial charge in [-0.2, -0.15) is 0 Å². The largest absolute Gasteiger partial charge is 0.351 e. The smallest absolute Gasteiger partial charge is 0.261 e. The van der Waals surface area contributed by atoms with Crippen LogP contribution in [0.15, 0.2) is 66.0 Å². The summed E-state index contributed by atoms with van der Waals surface area (Å²) < 4.78 is 15.0. The predicted octanol–water partition coefficient (Wildman–Crippen LogP) is 4.76. The molecule has 1 fully saturated rings. The molecule has 182 valence electrons.